The van der Waals surface area contributed by atoms with Crippen molar-refractivity contribution >= 4 is 15.9 Å². The van der Waals surface area contributed by atoms with Crippen LogP contribution in [-0.4, -0.2) is 24.3 Å². The van der Waals surface area contributed by atoms with Crippen LogP contribution in [0.4, 0.5) is 0 Å². The quantitative estimate of drug-likeness (QED) is 0.552. The first kappa shape index (κ1) is 11.5. The van der Waals surface area contributed by atoms with Crippen molar-refractivity contribution in [3.05, 3.63) is 0 Å². The van der Waals surface area contributed by atoms with E-state index in [4.69, 9.17) is 9.47 Å². The SMILES string of the molecule is CCCCCC1(CBr)OCCCO1. The molecule has 0 aromatic heterocycles. The molecule has 1 heterocycles. The average molecular weight is 251 g/mol. The van der Waals surface area contributed by atoms with Crippen LogP contribution in [-0.2, 0) is 9.47 Å². The zero-order valence-corrected chi connectivity index (χ0v) is 9.94. The molecule has 0 radical (unpaired) electrons. The summed E-state index contributed by atoms with van der Waals surface area (Å²) in [7, 11) is 0. The first-order valence-corrected chi connectivity index (χ1v) is 6.29. The molecular weight excluding hydrogens is 232 g/mol. The van der Waals surface area contributed by atoms with Gasteiger partial charge in [-0.2, -0.15) is 0 Å². The molecule has 0 amide bonds. The first-order chi connectivity index (χ1) is 6.33. The van der Waals surface area contributed by atoms with Gasteiger partial charge in [0.25, 0.3) is 0 Å². The summed E-state index contributed by atoms with van der Waals surface area (Å²) in [6.07, 6.45) is 5.76. The van der Waals surface area contributed by atoms with Crippen LogP contribution in [0.2, 0.25) is 0 Å². The van der Waals surface area contributed by atoms with Gasteiger partial charge in [0.15, 0.2) is 5.79 Å². The van der Waals surface area contributed by atoms with Gasteiger partial charge in [0.05, 0.1) is 18.5 Å². The lowest BCUT2D eigenvalue weighted by molar-refractivity contribution is -0.255. The van der Waals surface area contributed by atoms with E-state index >= 15 is 0 Å². The van der Waals surface area contributed by atoms with Gasteiger partial charge in [0, 0.05) is 6.42 Å². The predicted octanol–water partition coefficient (Wildman–Crippen LogP) is 3.09. The molecule has 0 unspecified atom stereocenters. The lowest BCUT2D eigenvalue weighted by Gasteiger charge is -2.35. The van der Waals surface area contributed by atoms with Crippen molar-refractivity contribution in [1.29, 1.82) is 0 Å². The smallest absolute Gasteiger partial charge is 0.177 e. The maximum atomic E-state index is 5.69. The molecule has 2 nitrogen and oxygen atoms in total. The number of unbranched alkanes of at least 4 members (excludes halogenated alkanes) is 2. The Hall–Kier alpha value is 0.400. The minimum Gasteiger partial charge on any atom is -0.349 e. The van der Waals surface area contributed by atoms with Crippen LogP contribution < -0.4 is 0 Å². The minimum absolute atomic E-state index is 0.312. The predicted molar refractivity (Wildman–Crippen MR) is 57.2 cm³/mol. The van der Waals surface area contributed by atoms with E-state index in [9.17, 15) is 0 Å². The Morgan fingerprint density at radius 3 is 2.46 bits per heavy atom. The van der Waals surface area contributed by atoms with Crippen LogP contribution >= 0.6 is 15.9 Å². The third-order valence-corrected chi connectivity index (χ3v) is 3.24. The highest BCUT2D eigenvalue weighted by Gasteiger charge is 2.32. The average Bonchev–Trinajstić information content (AvgIpc) is 2.20. The Bertz CT molecular complexity index is 133. The lowest BCUT2D eigenvalue weighted by Crippen LogP contribution is -2.42. The second-order valence-corrected chi connectivity index (χ2v) is 4.11. The Labute approximate surface area is 89.1 Å². The van der Waals surface area contributed by atoms with Crippen molar-refractivity contribution in [3.8, 4) is 0 Å². The summed E-state index contributed by atoms with van der Waals surface area (Å²) in [5.41, 5.74) is 0. The number of ether oxygens (including phenoxy) is 2. The molecule has 0 bridgehead atoms. The summed E-state index contributed by atoms with van der Waals surface area (Å²) in [4.78, 5) is 0. The largest absolute Gasteiger partial charge is 0.349 e. The minimum atomic E-state index is -0.312. The van der Waals surface area contributed by atoms with E-state index in [-0.39, 0.29) is 5.79 Å². The standard InChI is InChI=1S/C10H19BrO2/c1-2-3-4-6-10(9-11)12-7-5-8-13-10/h2-9H2,1H3. The van der Waals surface area contributed by atoms with E-state index in [2.05, 4.69) is 22.9 Å². The molecule has 1 fully saturated rings. The second-order valence-electron chi connectivity index (χ2n) is 3.55. The molecule has 3 heteroatoms. The maximum absolute atomic E-state index is 5.69. The van der Waals surface area contributed by atoms with Gasteiger partial charge in [-0.25, -0.2) is 0 Å². The van der Waals surface area contributed by atoms with Gasteiger partial charge in [-0.1, -0.05) is 35.7 Å². The molecule has 0 atom stereocenters. The summed E-state index contributed by atoms with van der Waals surface area (Å²) in [5.74, 6) is -0.312. The molecule has 1 aliphatic heterocycles. The van der Waals surface area contributed by atoms with Crippen LogP contribution in [0.3, 0.4) is 0 Å². The fourth-order valence-corrected chi connectivity index (χ4v) is 2.15. The van der Waals surface area contributed by atoms with Crippen LogP contribution in [0.15, 0.2) is 0 Å². The van der Waals surface area contributed by atoms with Gasteiger partial charge >= 0.3 is 0 Å². The zero-order chi connectivity index (χ0) is 9.57. The maximum Gasteiger partial charge on any atom is 0.177 e. The van der Waals surface area contributed by atoms with Crippen LogP contribution in [0.25, 0.3) is 0 Å². The van der Waals surface area contributed by atoms with Crippen molar-refractivity contribution < 1.29 is 9.47 Å². The van der Waals surface area contributed by atoms with Crippen LogP contribution in [0.1, 0.15) is 39.0 Å². The summed E-state index contributed by atoms with van der Waals surface area (Å²) in [6, 6.07) is 0. The normalized spacial score (nSPS) is 21.7. The number of rotatable bonds is 5. The molecule has 0 spiro atoms. The van der Waals surface area contributed by atoms with Crippen LogP contribution in [0, 0.1) is 0 Å². The Balaban J connectivity index is 2.29. The van der Waals surface area contributed by atoms with E-state index in [1.54, 1.807) is 0 Å². The third kappa shape index (κ3) is 3.56. The number of alkyl halides is 1. The molecule has 13 heavy (non-hydrogen) atoms. The lowest BCUT2D eigenvalue weighted by atomic mass is 10.1. The molecule has 1 rings (SSSR count). The van der Waals surface area contributed by atoms with Crippen molar-refractivity contribution in [2.24, 2.45) is 0 Å². The van der Waals surface area contributed by atoms with Crippen molar-refractivity contribution in [2.75, 3.05) is 18.5 Å². The van der Waals surface area contributed by atoms with E-state index < -0.39 is 0 Å². The Kier molecular flexibility index (Phi) is 5.29. The molecule has 0 aromatic rings. The Morgan fingerprint density at radius 1 is 1.23 bits per heavy atom. The summed E-state index contributed by atoms with van der Waals surface area (Å²) in [6.45, 7) is 3.90. The van der Waals surface area contributed by atoms with Crippen molar-refractivity contribution in [2.45, 2.75) is 44.8 Å². The van der Waals surface area contributed by atoms with Crippen molar-refractivity contribution in [3.63, 3.8) is 0 Å². The molecule has 1 saturated heterocycles. The highest BCUT2D eigenvalue weighted by atomic mass is 79.9. The van der Waals surface area contributed by atoms with E-state index in [0.717, 1.165) is 31.4 Å². The van der Waals surface area contributed by atoms with Gasteiger partial charge < -0.3 is 9.47 Å². The van der Waals surface area contributed by atoms with Gasteiger partial charge in [-0.3, -0.25) is 0 Å². The second kappa shape index (κ2) is 5.99. The van der Waals surface area contributed by atoms with E-state index in [0.29, 0.717) is 0 Å². The third-order valence-electron chi connectivity index (χ3n) is 2.38. The van der Waals surface area contributed by atoms with E-state index in [1.165, 1.54) is 19.3 Å². The molecule has 0 saturated carbocycles. The molecular formula is C10H19BrO2. The topological polar surface area (TPSA) is 18.5 Å². The summed E-state index contributed by atoms with van der Waals surface area (Å²) < 4.78 is 11.4. The fraction of sp³-hybridized carbons (Fsp3) is 1.00. The zero-order valence-electron chi connectivity index (χ0n) is 8.35. The van der Waals surface area contributed by atoms with Gasteiger partial charge in [-0.05, 0) is 12.8 Å². The highest BCUT2D eigenvalue weighted by molar-refractivity contribution is 9.09. The number of halogens is 1. The summed E-state index contributed by atoms with van der Waals surface area (Å²) in [5, 5.41) is 0.795. The summed E-state index contributed by atoms with van der Waals surface area (Å²) >= 11 is 3.47. The fourth-order valence-electron chi connectivity index (χ4n) is 1.55. The van der Waals surface area contributed by atoms with Crippen LogP contribution in [0.5, 0.6) is 0 Å². The first-order valence-electron chi connectivity index (χ1n) is 5.17. The number of hydrogen-bond acceptors (Lipinski definition) is 2. The molecule has 78 valence electrons. The van der Waals surface area contributed by atoms with Gasteiger partial charge in [0.2, 0.25) is 0 Å². The van der Waals surface area contributed by atoms with Crippen molar-refractivity contribution in [1.82, 2.24) is 0 Å². The molecule has 0 N–H and O–H groups in total. The monoisotopic (exact) mass is 250 g/mol. The Morgan fingerprint density at radius 2 is 1.92 bits per heavy atom. The number of hydrogen-bond donors (Lipinski definition) is 0. The highest BCUT2D eigenvalue weighted by Crippen LogP contribution is 2.27. The molecule has 0 aliphatic carbocycles. The van der Waals surface area contributed by atoms with Gasteiger partial charge in [-0.15, -0.1) is 0 Å². The molecule has 1 aliphatic rings. The molecule has 0 aromatic carbocycles. The van der Waals surface area contributed by atoms with E-state index in [1.807, 2.05) is 0 Å². The van der Waals surface area contributed by atoms with Gasteiger partial charge in [0.1, 0.15) is 0 Å².